The normalized spacial score (nSPS) is 24.2. The van der Waals surface area contributed by atoms with Gasteiger partial charge in [0.15, 0.2) is 0 Å². The number of piperidine rings is 1. The first-order chi connectivity index (χ1) is 18.6. The van der Waals surface area contributed by atoms with Crippen LogP contribution in [0.3, 0.4) is 0 Å². The number of thiol groups is 1. The maximum atomic E-state index is 13.8. The van der Waals surface area contributed by atoms with Crippen LogP contribution in [0.4, 0.5) is 10.5 Å². The SMILES string of the molecule is Cc1cc(N(C)C(=O)OC(C)(C)C)cc(Cl)c1/C=C/[SH](C)(=O)N1CCC2(CC1)N=C(C1CCC(C)CC1)NC2=O. The minimum absolute atomic E-state index is 0.00101. The number of rotatable bonds is 5. The fourth-order valence-electron chi connectivity index (χ4n) is 5.75. The number of carbonyl (C=O) groups is 2. The number of aryl methyl sites for hydroxylation is 1. The summed E-state index contributed by atoms with van der Waals surface area (Å²) in [6.07, 6.45) is 8.73. The van der Waals surface area contributed by atoms with E-state index in [4.69, 9.17) is 21.3 Å². The highest BCUT2D eigenvalue weighted by Crippen LogP contribution is 2.37. The van der Waals surface area contributed by atoms with Crippen molar-refractivity contribution in [2.45, 2.75) is 84.3 Å². The molecule has 40 heavy (non-hydrogen) atoms. The Balaban J connectivity index is 1.42. The number of halogens is 1. The lowest BCUT2D eigenvalue weighted by molar-refractivity contribution is -0.124. The summed E-state index contributed by atoms with van der Waals surface area (Å²) < 4.78 is 21.2. The van der Waals surface area contributed by atoms with Crippen molar-refractivity contribution in [2.75, 3.05) is 31.3 Å². The van der Waals surface area contributed by atoms with Gasteiger partial charge >= 0.3 is 6.09 Å². The van der Waals surface area contributed by atoms with Gasteiger partial charge in [0, 0.05) is 38.0 Å². The second-order valence-corrected chi connectivity index (χ2v) is 16.0. The molecule has 0 aromatic heterocycles. The van der Waals surface area contributed by atoms with E-state index in [1.54, 1.807) is 24.8 Å². The molecule has 8 nitrogen and oxygen atoms in total. The van der Waals surface area contributed by atoms with Crippen molar-refractivity contribution in [1.29, 1.82) is 0 Å². The van der Waals surface area contributed by atoms with Gasteiger partial charge in [0.25, 0.3) is 5.91 Å². The van der Waals surface area contributed by atoms with Gasteiger partial charge in [-0.15, -0.1) is 0 Å². The van der Waals surface area contributed by atoms with Crippen molar-refractivity contribution in [2.24, 2.45) is 16.8 Å². The standard InChI is InChI=1S/C30H45ClN4O4S/c1-20-8-10-22(11-9-20)26-32-27(36)30(33-26)13-15-35(16-14-30)40(7,38)17-12-24-21(2)18-23(19-25(24)31)34(6)28(37)39-29(3,4)5/h12,17-20,22,40H,8-11,13-16H2,1-7H3,(H,32,33,36)/b17-12+. The topological polar surface area (TPSA) is 91.3 Å². The molecule has 2 fully saturated rings. The van der Waals surface area contributed by atoms with Crippen molar-refractivity contribution in [3.05, 3.63) is 33.7 Å². The summed E-state index contributed by atoms with van der Waals surface area (Å²) >= 11 is 6.62. The van der Waals surface area contributed by atoms with Crippen LogP contribution >= 0.6 is 11.6 Å². The number of hydrogen-bond donors (Lipinski definition) is 2. The molecular weight excluding hydrogens is 548 g/mol. The molecular formula is C30H45ClN4O4S. The van der Waals surface area contributed by atoms with Crippen LogP contribution < -0.4 is 10.2 Å². The van der Waals surface area contributed by atoms with Gasteiger partial charge in [0.1, 0.15) is 17.0 Å². The van der Waals surface area contributed by atoms with Crippen molar-refractivity contribution < 1.29 is 18.5 Å². The van der Waals surface area contributed by atoms with Gasteiger partial charge in [-0.2, -0.15) is 0 Å². The largest absolute Gasteiger partial charge is 0.443 e. The summed E-state index contributed by atoms with van der Waals surface area (Å²) in [4.78, 5) is 31.9. The fourth-order valence-corrected chi connectivity index (χ4v) is 7.69. The van der Waals surface area contributed by atoms with Gasteiger partial charge in [0.2, 0.25) is 0 Å². The van der Waals surface area contributed by atoms with Crippen LogP contribution in [-0.4, -0.2) is 63.9 Å². The third-order valence-corrected chi connectivity index (χ3v) is 11.0. The van der Waals surface area contributed by atoms with E-state index in [0.717, 1.165) is 35.7 Å². The number of amidine groups is 1. The lowest BCUT2D eigenvalue weighted by Gasteiger charge is -2.39. The van der Waals surface area contributed by atoms with E-state index < -0.39 is 27.4 Å². The maximum Gasteiger partial charge on any atom is 0.414 e. The molecule has 1 spiro atoms. The van der Waals surface area contributed by atoms with E-state index in [0.29, 0.717) is 42.6 Å². The maximum absolute atomic E-state index is 13.8. The summed E-state index contributed by atoms with van der Waals surface area (Å²) in [5, 5.41) is 5.30. The molecule has 1 N–H and O–H groups in total. The van der Waals surface area contributed by atoms with Crippen LogP contribution in [0.1, 0.15) is 77.3 Å². The Morgan fingerprint density at radius 2 is 1.85 bits per heavy atom. The minimum atomic E-state index is -2.84. The van der Waals surface area contributed by atoms with E-state index in [9.17, 15) is 13.8 Å². The molecule has 0 radical (unpaired) electrons. The number of benzene rings is 1. The number of aliphatic imine (C=N–C) groups is 1. The van der Waals surface area contributed by atoms with E-state index in [1.807, 2.05) is 44.1 Å². The van der Waals surface area contributed by atoms with Crippen LogP contribution in [-0.2, 0) is 19.7 Å². The molecule has 1 aromatic carbocycles. The van der Waals surface area contributed by atoms with Crippen LogP contribution in [0.25, 0.3) is 6.08 Å². The number of hydrogen-bond acceptors (Lipinski definition) is 5. The molecule has 1 aliphatic carbocycles. The Morgan fingerprint density at radius 1 is 1.23 bits per heavy atom. The van der Waals surface area contributed by atoms with Crippen LogP contribution in [0.2, 0.25) is 5.02 Å². The first-order valence-electron chi connectivity index (χ1n) is 14.3. The van der Waals surface area contributed by atoms with Crippen LogP contribution in [0, 0.1) is 18.8 Å². The second kappa shape index (κ2) is 11.6. The number of ether oxygens (including phenoxy) is 1. The quantitative estimate of drug-likeness (QED) is 0.427. The van der Waals surface area contributed by atoms with Crippen molar-refractivity contribution in [3.63, 3.8) is 0 Å². The average molecular weight is 593 g/mol. The smallest absolute Gasteiger partial charge is 0.414 e. The van der Waals surface area contributed by atoms with Gasteiger partial charge in [-0.05, 0) is 104 Å². The van der Waals surface area contributed by atoms with E-state index in [-0.39, 0.29) is 5.91 Å². The predicted molar refractivity (Wildman–Crippen MR) is 166 cm³/mol. The highest BCUT2D eigenvalue weighted by molar-refractivity contribution is 8.03. The summed E-state index contributed by atoms with van der Waals surface area (Å²) in [5.74, 6) is 1.96. The molecule has 10 heteroatoms. The lowest BCUT2D eigenvalue weighted by Crippen LogP contribution is -2.51. The molecule has 2 amide bonds. The Labute approximate surface area is 245 Å². The Kier molecular flexibility index (Phi) is 8.89. The average Bonchev–Trinajstić information content (AvgIpc) is 3.17. The van der Waals surface area contributed by atoms with Gasteiger partial charge in [-0.1, -0.05) is 31.4 Å². The Bertz CT molecular complexity index is 1230. The predicted octanol–water partition coefficient (Wildman–Crippen LogP) is 5.74. The molecule has 1 saturated carbocycles. The highest BCUT2D eigenvalue weighted by atomic mass is 35.5. The number of carbonyl (C=O) groups excluding carboxylic acids is 2. The zero-order valence-electron chi connectivity index (χ0n) is 24.9. The summed E-state index contributed by atoms with van der Waals surface area (Å²) in [6, 6.07) is 3.58. The summed E-state index contributed by atoms with van der Waals surface area (Å²) in [7, 11) is -1.19. The second-order valence-electron chi connectivity index (χ2n) is 12.8. The molecule has 1 saturated heterocycles. The summed E-state index contributed by atoms with van der Waals surface area (Å²) in [5.41, 5.74) is 0.896. The first-order valence-corrected chi connectivity index (χ1v) is 16.9. The number of nitrogens with one attached hydrogen (secondary N) is 1. The molecule has 3 aliphatic rings. The highest BCUT2D eigenvalue weighted by Gasteiger charge is 2.47. The first kappa shape index (κ1) is 30.7. The van der Waals surface area contributed by atoms with Gasteiger partial charge in [-0.3, -0.25) is 18.9 Å². The molecule has 1 aromatic rings. The zero-order chi connectivity index (χ0) is 29.5. The van der Waals surface area contributed by atoms with Gasteiger partial charge in [-0.25, -0.2) is 9.10 Å². The molecule has 2 heterocycles. The van der Waals surface area contributed by atoms with Crippen molar-refractivity contribution >= 4 is 51.3 Å². The van der Waals surface area contributed by atoms with Crippen LogP contribution in [0.15, 0.2) is 22.5 Å². The molecule has 2 aliphatic heterocycles. The third kappa shape index (κ3) is 6.80. The van der Waals surface area contributed by atoms with Gasteiger partial charge in [0.05, 0.1) is 5.02 Å². The number of anilines is 1. The minimum Gasteiger partial charge on any atom is -0.443 e. The molecule has 222 valence electrons. The summed E-state index contributed by atoms with van der Waals surface area (Å²) in [6.45, 7) is 10.7. The molecule has 0 bridgehead atoms. The Morgan fingerprint density at radius 3 is 2.42 bits per heavy atom. The fraction of sp³-hybridized carbons (Fsp3) is 0.633. The lowest BCUT2D eigenvalue weighted by atomic mass is 9.82. The molecule has 4 rings (SSSR count). The number of amides is 2. The van der Waals surface area contributed by atoms with E-state index in [1.165, 1.54) is 17.7 Å². The van der Waals surface area contributed by atoms with E-state index in [2.05, 4.69) is 12.2 Å². The molecule has 0 unspecified atom stereocenters. The number of nitrogens with zero attached hydrogens (tertiary/aromatic N) is 3. The van der Waals surface area contributed by atoms with Crippen molar-refractivity contribution in [1.82, 2.24) is 9.62 Å². The molecule has 0 atom stereocenters. The zero-order valence-corrected chi connectivity index (χ0v) is 26.6. The monoisotopic (exact) mass is 592 g/mol. The van der Waals surface area contributed by atoms with Crippen molar-refractivity contribution in [3.8, 4) is 0 Å². The van der Waals surface area contributed by atoms with Gasteiger partial charge < -0.3 is 10.1 Å². The Hall–Kier alpha value is -2.23. The third-order valence-electron chi connectivity index (χ3n) is 8.42. The van der Waals surface area contributed by atoms with Crippen LogP contribution in [0.5, 0.6) is 0 Å². The van der Waals surface area contributed by atoms with E-state index >= 15 is 0 Å².